The van der Waals surface area contributed by atoms with Crippen molar-refractivity contribution in [2.45, 2.75) is 0 Å². The molecule has 0 aromatic carbocycles. The molecule has 6 heteroatoms. The molecule has 6 heavy (non-hydrogen) atoms. The van der Waals surface area contributed by atoms with Crippen LogP contribution in [0.1, 0.15) is 0 Å². The Balaban J connectivity index is 0. The van der Waals surface area contributed by atoms with Gasteiger partial charge < -0.3 is 0 Å². The fourth-order valence-corrected chi connectivity index (χ4v) is 0. The molecule has 0 nitrogen and oxygen atoms in total. The van der Waals surface area contributed by atoms with Crippen LogP contribution in [-0.2, 0) is 0 Å². The average Bonchev–Trinajstić information content (AvgIpc) is 0. The van der Waals surface area contributed by atoms with Crippen molar-refractivity contribution < 1.29 is 0 Å². The molecule has 0 saturated heterocycles. The molecule has 0 aliphatic heterocycles. The minimum absolute atomic E-state index is 0. The Bertz CT molecular complexity index is 10.8. The summed E-state index contributed by atoms with van der Waals surface area (Å²) in [5.74, 6) is 0. The van der Waals surface area contributed by atoms with E-state index < -0.39 is 0 Å². The normalized spacial score (nSPS) is 0. The van der Waals surface area contributed by atoms with Gasteiger partial charge in [0.25, 0.3) is 0 Å². The van der Waals surface area contributed by atoms with Crippen molar-refractivity contribution >= 4 is 108 Å². The molecule has 38 valence electrons. The molecule has 0 rings (SSSR count). The molecule has 0 saturated carbocycles. The van der Waals surface area contributed by atoms with Gasteiger partial charge in [-0.3, -0.25) is 0 Å². The second kappa shape index (κ2) is 41.5. The SMILES string of the molecule is Cl.Cl.Cl.[AlH3].[NaH].[SnH2]. The molecule has 0 unspecified atom stereocenters. The second-order valence-corrected chi connectivity index (χ2v) is 0. The molecule has 0 atom stereocenters. The third-order valence-electron chi connectivity index (χ3n) is 0. The Labute approximate surface area is 106 Å². The molecule has 0 bridgehead atoms. The number of hydrogen-bond acceptors (Lipinski definition) is 0. The first-order chi connectivity index (χ1) is 0. The number of rotatable bonds is 0. The molecular formula is H9AlCl3NaSn. The zero-order valence-corrected chi connectivity index (χ0v) is 8.42. The quantitative estimate of drug-likeness (QED) is 0.476. The van der Waals surface area contributed by atoms with Crippen molar-refractivity contribution in [1.82, 2.24) is 0 Å². The zero-order valence-electron chi connectivity index (χ0n) is 1.93. The maximum atomic E-state index is 0. The Morgan fingerprint density at radius 3 is 0.667 bits per heavy atom. The van der Waals surface area contributed by atoms with Crippen molar-refractivity contribution in [3.05, 3.63) is 0 Å². The van der Waals surface area contributed by atoms with Crippen LogP contribution in [0.15, 0.2) is 0 Å². The second-order valence-electron chi connectivity index (χ2n) is 0. The Morgan fingerprint density at radius 1 is 0.667 bits per heavy atom. The van der Waals surface area contributed by atoms with Gasteiger partial charge in [-0.05, 0) is 0 Å². The molecule has 0 N–H and O–H groups in total. The van der Waals surface area contributed by atoms with E-state index in [1.165, 1.54) is 0 Å². The summed E-state index contributed by atoms with van der Waals surface area (Å²) >= 11 is 0. The molecule has 0 aliphatic rings. The van der Waals surface area contributed by atoms with Crippen LogP contribution in [0.2, 0.25) is 0 Å². The predicted octanol–water partition coefficient (Wildman–Crippen LogP) is -1.48. The summed E-state index contributed by atoms with van der Waals surface area (Å²) in [7, 11) is 0. The average molecular weight is 284 g/mol. The molecule has 0 amide bonds. The van der Waals surface area contributed by atoms with Crippen molar-refractivity contribution in [2.75, 3.05) is 0 Å². The summed E-state index contributed by atoms with van der Waals surface area (Å²) < 4.78 is 0. The maximum absolute atomic E-state index is 0. The topological polar surface area (TPSA) is 0 Å². The molecule has 0 spiro atoms. The van der Waals surface area contributed by atoms with Gasteiger partial charge in [0.2, 0.25) is 0 Å². The monoisotopic (exact) mass is 284 g/mol. The van der Waals surface area contributed by atoms with Gasteiger partial charge >= 0.3 is 53.5 Å². The van der Waals surface area contributed by atoms with Crippen LogP contribution < -0.4 is 0 Å². The van der Waals surface area contributed by atoms with Crippen molar-refractivity contribution in [3.8, 4) is 0 Å². The van der Waals surface area contributed by atoms with E-state index in [0.717, 1.165) is 0 Å². The van der Waals surface area contributed by atoms with Crippen molar-refractivity contribution in [3.63, 3.8) is 0 Å². The van der Waals surface area contributed by atoms with Gasteiger partial charge in [0.1, 0.15) is 0 Å². The zero-order chi connectivity index (χ0) is 0. The first kappa shape index (κ1) is 60.4. The van der Waals surface area contributed by atoms with Gasteiger partial charge in [-0.1, -0.05) is 0 Å². The van der Waals surface area contributed by atoms with Crippen molar-refractivity contribution in [1.29, 1.82) is 0 Å². The van der Waals surface area contributed by atoms with Gasteiger partial charge in [-0.2, -0.15) is 0 Å². The fourth-order valence-electron chi connectivity index (χ4n) is 0. The minimum atomic E-state index is 0. The first-order valence-electron chi connectivity index (χ1n) is 0. The van der Waals surface area contributed by atoms with Crippen LogP contribution in [0.4, 0.5) is 0 Å². The third kappa shape index (κ3) is 27.0. The van der Waals surface area contributed by atoms with Crippen LogP contribution >= 0.6 is 37.2 Å². The Morgan fingerprint density at radius 2 is 0.667 bits per heavy atom. The van der Waals surface area contributed by atoms with Crippen molar-refractivity contribution in [2.24, 2.45) is 0 Å². The molecular weight excluding hydrogens is 275 g/mol. The van der Waals surface area contributed by atoms with E-state index in [0.29, 0.717) is 0 Å². The van der Waals surface area contributed by atoms with E-state index in [9.17, 15) is 0 Å². The number of hydrogen-bond donors (Lipinski definition) is 0. The van der Waals surface area contributed by atoms with Gasteiger partial charge in [0.05, 0.1) is 0 Å². The standard InChI is InChI=1S/Al.3ClH.Na.Sn.6H/h;3*1H;;;;;;;;. The van der Waals surface area contributed by atoms with Gasteiger partial charge in [0.15, 0.2) is 17.4 Å². The summed E-state index contributed by atoms with van der Waals surface area (Å²) in [6, 6.07) is 0. The summed E-state index contributed by atoms with van der Waals surface area (Å²) in [6.45, 7) is 0. The first-order valence-corrected chi connectivity index (χ1v) is 0. The van der Waals surface area contributed by atoms with Crippen LogP contribution in [-0.4, -0.2) is 70.8 Å². The van der Waals surface area contributed by atoms with Gasteiger partial charge in [-0.15, -0.1) is 37.2 Å². The van der Waals surface area contributed by atoms with E-state index in [4.69, 9.17) is 0 Å². The predicted molar refractivity (Wildman–Crippen MR) is 47.4 cm³/mol. The summed E-state index contributed by atoms with van der Waals surface area (Å²) in [4.78, 5) is 0. The van der Waals surface area contributed by atoms with Crippen LogP contribution in [0.5, 0.6) is 0 Å². The Hall–Kier alpha value is 3.20. The van der Waals surface area contributed by atoms with Gasteiger partial charge in [0, 0.05) is 0 Å². The van der Waals surface area contributed by atoms with E-state index >= 15 is 0 Å². The molecule has 0 fully saturated rings. The van der Waals surface area contributed by atoms with E-state index in [-0.39, 0.29) is 108 Å². The summed E-state index contributed by atoms with van der Waals surface area (Å²) in [5.41, 5.74) is 0. The molecule has 2 radical (unpaired) electrons. The van der Waals surface area contributed by atoms with Crippen LogP contribution in [0.3, 0.4) is 0 Å². The van der Waals surface area contributed by atoms with Gasteiger partial charge in [-0.25, -0.2) is 0 Å². The molecule has 0 aromatic rings. The van der Waals surface area contributed by atoms with E-state index in [2.05, 4.69) is 0 Å². The summed E-state index contributed by atoms with van der Waals surface area (Å²) in [6.07, 6.45) is 0. The molecule has 0 heterocycles. The molecule has 0 aromatic heterocycles. The number of halogens is 3. The van der Waals surface area contributed by atoms with Crippen LogP contribution in [0, 0.1) is 0 Å². The third-order valence-corrected chi connectivity index (χ3v) is 0. The van der Waals surface area contributed by atoms with E-state index in [1.54, 1.807) is 0 Å². The Kier molecular flexibility index (Phi) is 418. The van der Waals surface area contributed by atoms with E-state index in [1.807, 2.05) is 0 Å². The summed E-state index contributed by atoms with van der Waals surface area (Å²) in [5, 5.41) is 0. The van der Waals surface area contributed by atoms with Crippen LogP contribution in [0.25, 0.3) is 0 Å². The fraction of sp³-hybridized carbons (Fsp3) is 0. The molecule has 0 aliphatic carbocycles.